The molecule has 4 nitrogen and oxygen atoms in total. The van der Waals surface area contributed by atoms with Crippen molar-refractivity contribution in [1.29, 1.82) is 0 Å². The van der Waals surface area contributed by atoms with E-state index in [1.54, 1.807) is 0 Å². The van der Waals surface area contributed by atoms with Gasteiger partial charge in [-0.15, -0.1) is 24.0 Å². The maximum absolute atomic E-state index is 6.06. The number of nitrogens with zero attached hydrogens (tertiary/aromatic N) is 2. The number of hydrogen-bond acceptors (Lipinski definition) is 2. The van der Waals surface area contributed by atoms with Crippen LogP contribution >= 0.6 is 24.0 Å². The average Bonchev–Trinajstić information content (AvgIpc) is 2.65. The fourth-order valence-corrected chi connectivity index (χ4v) is 2.50. The zero-order valence-corrected chi connectivity index (χ0v) is 14.3. The van der Waals surface area contributed by atoms with Crippen molar-refractivity contribution < 1.29 is 4.42 Å². The van der Waals surface area contributed by atoms with Crippen LogP contribution in [0.1, 0.15) is 36.8 Å². The highest BCUT2D eigenvalue weighted by atomic mass is 127. The fraction of sp³-hybridized carbons (Fsp3) is 0.643. The van der Waals surface area contributed by atoms with Gasteiger partial charge in [0.05, 0.1) is 6.54 Å². The van der Waals surface area contributed by atoms with Gasteiger partial charge in [-0.05, 0) is 38.7 Å². The monoisotopic (exact) mass is 377 g/mol. The second-order valence-corrected chi connectivity index (χ2v) is 5.31. The van der Waals surface area contributed by atoms with E-state index < -0.39 is 0 Å². The number of furan rings is 1. The summed E-state index contributed by atoms with van der Waals surface area (Å²) < 4.78 is 5.49. The summed E-state index contributed by atoms with van der Waals surface area (Å²) in [5.74, 6) is 3.25. The summed E-state index contributed by atoms with van der Waals surface area (Å²) in [6.07, 6.45) is 2.51. The molecule has 0 saturated carbocycles. The fourth-order valence-electron chi connectivity index (χ4n) is 2.50. The zero-order valence-electron chi connectivity index (χ0n) is 12.0. The zero-order chi connectivity index (χ0) is 13.1. The summed E-state index contributed by atoms with van der Waals surface area (Å²) in [6, 6.07) is 2.03. The first kappa shape index (κ1) is 16.3. The molecule has 1 unspecified atom stereocenters. The van der Waals surface area contributed by atoms with Gasteiger partial charge in [-0.1, -0.05) is 6.92 Å². The topological polar surface area (TPSA) is 54.8 Å². The Morgan fingerprint density at radius 3 is 2.84 bits per heavy atom. The minimum Gasteiger partial charge on any atom is -0.466 e. The average molecular weight is 377 g/mol. The highest BCUT2D eigenvalue weighted by Gasteiger charge is 2.17. The Morgan fingerprint density at radius 1 is 1.53 bits per heavy atom. The third-order valence-corrected chi connectivity index (χ3v) is 3.54. The summed E-state index contributed by atoms with van der Waals surface area (Å²) in [5, 5.41) is 0. The van der Waals surface area contributed by atoms with Gasteiger partial charge in [0, 0.05) is 18.7 Å². The van der Waals surface area contributed by atoms with E-state index in [4.69, 9.17) is 10.2 Å². The highest BCUT2D eigenvalue weighted by Crippen LogP contribution is 2.17. The molecule has 0 aromatic carbocycles. The van der Waals surface area contributed by atoms with Crippen LogP contribution in [0.3, 0.4) is 0 Å². The third-order valence-electron chi connectivity index (χ3n) is 3.54. The lowest BCUT2D eigenvalue weighted by atomic mass is 10.0. The van der Waals surface area contributed by atoms with E-state index in [1.807, 2.05) is 19.9 Å². The number of likely N-dealkylation sites (tertiary alicyclic amines) is 1. The van der Waals surface area contributed by atoms with Crippen molar-refractivity contribution in [3.05, 3.63) is 23.2 Å². The number of piperidine rings is 1. The van der Waals surface area contributed by atoms with Crippen LogP contribution in [0.25, 0.3) is 0 Å². The molecule has 0 spiro atoms. The molecule has 2 heterocycles. The summed E-state index contributed by atoms with van der Waals surface area (Å²) in [6.45, 7) is 8.86. The molecule has 1 aromatic rings. The molecule has 0 radical (unpaired) electrons. The highest BCUT2D eigenvalue weighted by molar-refractivity contribution is 14.0. The number of nitrogens with two attached hydrogens (primary N) is 1. The number of rotatable bonds is 2. The predicted molar refractivity (Wildman–Crippen MR) is 88.9 cm³/mol. The van der Waals surface area contributed by atoms with Crippen LogP contribution in [0.2, 0.25) is 0 Å². The predicted octanol–water partition coefficient (Wildman–Crippen LogP) is 3.06. The number of aliphatic imine (C=N–C) groups is 1. The quantitative estimate of drug-likeness (QED) is 0.490. The number of guanidine groups is 1. The smallest absolute Gasteiger partial charge is 0.191 e. The van der Waals surface area contributed by atoms with E-state index in [1.165, 1.54) is 12.8 Å². The Labute approximate surface area is 132 Å². The van der Waals surface area contributed by atoms with Crippen LogP contribution < -0.4 is 5.73 Å². The van der Waals surface area contributed by atoms with Crippen molar-refractivity contribution in [2.75, 3.05) is 13.1 Å². The van der Waals surface area contributed by atoms with E-state index in [0.29, 0.717) is 18.4 Å². The second-order valence-electron chi connectivity index (χ2n) is 5.31. The molecule has 1 atom stereocenters. The lowest BCUT2D eigenvalue weighted by Crippen LogP contribution is -2.43. The van der Waals surface area contributed by atoms with E-state index in [0.717, 1.165) is 30.2 Å². The van der Waals surface area contributed by atoms with Crippen molar-refractivity contribution in [2.45, 2.75) is 40.2 Å². The molecule has 0 aliphatic carbocycles. The molecular formula is C14H24IN3O. The molecule has 5 heteroatoms. The van der Waals surface area contributed by atoms with Crippen LogP contribution in [0.15, 0.2) is 15.5 Å². The van der Waals surface area contributed by atoms with E-state index in [-0.39, 0.29) is 24.0 Å². The molecular weight excluding hydrogens is 353 g/mol. The Hall–Kier alpha value is -0.720. The van der Waals surface area contributed by atoms with Crippen LogP contribution in [0.4, 0.5) is 0 Å². The van der Waals surface area contributed by atoms with Gasteiger partial charge in [0.1, 0.15) is 11.5 Å². The molecule has 1 saturated heterocycles. The molecule has 19 heavy (non-hydrogen) atoms. The normalized spacial score (nSPS) is 20.3. The third kappa shape index (κ3) is 4.40. The van der Waals surface area contributed by atoms with Gasteiger partial charge in [0.25, 0.3) is 0 Å². The van der Waals surface area contributed by atoms with Crippen LogP contribution in [-0.4, -0.2) is 23.9 Å². The number of hydrogen-bond donors (Lipinski definition) is 1. The van der Waals surface area contributed by atoms with Gasteiger partial charge >= 0.3 is 0 Å². The van der Waals surface area contributed by atoms with Crippen molar-refractivity contribution in [3.63, 3.8) is 0 Å². The van der Waals surface area contributed by atoms with Crippen LogP contribution in [0, 0.1) is 19.8 Å². The summed E-state index contributed by atoms with van der Waals surface area (Å²) in [4.78, 5) is 6.68. The minimum atomic E-state index is 0. The molecule has 1 fully saturated rings. The Morgan fingerprint density at radius 2 is 2.26 bits per heavy atom. The molecule has 2 rings (SSSR count). The van der Waals surface area contributed by atoms with E-state index >= 15 is 0 Å². The molecule has 1 aliphatic rings. The Bertz CT molecular complexity index is 442. The van der Waals surface area contributed by atoms with Gasteiger partial charge in [0.15, 0.2) is 5.96 Å². The molecule has 1 aliphatic heterocycles. The van der Waals surface area contributed by atoms with E-state index in [9.17, 15) is 0 Å². The number of halogens is 1. The minimum absolute atomic E-state index is 0. The summed E-state index contributed by atoms with van der Waals surface area (Å²) in [7, 11) is 0. The van der Waals surface area contributed by atoms with Gasteiger partial charge in [-0.2, -0.15) is 0 Å². The largest absolute Gasteiger partial charge is 0.466 e. The molecule has 2 N–H and O–H groups in total. The van der Waals surface area contributed by atoms with Gasteiger partial charge < -0.3 is 15.1 Å². The number of aryl methyl sites for hydroxylation is 2. The summed E-state index contributed by atoms with van der Waals surface area (Å²) in [5.41, 5.74) is 7.19. The first-order valence-electron chi connectivity index (χ1n) is 6.67. The SMILES string of the molecule is Cc1cc(CN=C(N)N2CCCC(C)C2)c(C)o1.I. The Kier molecular flexibility index (Phi) is 6.16. The van der Waals surface area contributed by atoms with Gasteiger partial charge in [-0.3, -0.25) is 0 Å². The summed E-state index contributed by atoms with van der Waals surface area (Å²) >= 11 is 0. The van der Waals surface area contributed by atoms with Crippen molar-refractivity contribution in [2.24, 2.45) is 16.6 Å². The van der Waals surface area contributed by atoms with E-state index in [2.05, 4.69) is 16.8 Å². The molecule has 1 aromatic heterocycles. The molecule has 0 bridgehead atoms. The van der Waals surface area contributed by atoms with Crippen LogP contribution in [0.5, 0.6) is 0 Å². The first-order chi connectivity index (χ1) is 8.56. The van der Waals surface area contributed by atoms with Gasteiger partial charge in [0.2, 0.25) is 0 Å². The van der Waals surface area contributed by atoms with Crippen molar-refractivity contribution >= 4 is 29.9 Å². The lowest BCUT2D eigenvalue weighted by Gasteiger charge is -2.31. The van der Waals surface area contributed by atoms with Crippen LogP contribution in [-0.2, 0) is 6.54 Å². The standard InChI is InChI=1S/C14H23N3O.HI/c1-10-5-4-6-17(9-10)14(15)16-8-13-7-11(2)18-12(13)3;/h7,10H,4-6,8-9H2,1-3H3,(H2,15,16);1H. The van der Waals surface area contributed by atoms with Crippen molar-refractivity contribution in [1.82, 2.24) is 4.90 Å². The lowest BCUT2D eigenvalue weighted by molar-refractivity contribution is 0.270. The molecule has 108 valence electrons. The Balaban J connectivity index is 0.00000180. The van der Waals surface area contributed by atoms with Gasteiger partial charge in [-0.25, -0.2) is 4.99 Å². The molecule has 0 amide bonds. The maximum atomic E-state index is 6.06. The maximum Gasteiger partial charge on any atom is 0.191 e. The first-order valence-corrected chi connectivity index (χ1v) is 6.67. The second kappa shape index (κ2) is 7.17. The van der Waals surface area contributed by atoms with Crippen molar-refractivity contribution in [3.8, 4) is 0 Å².